The molecule has 2 rings (SSSR count). The summed E-state index contributed by atoms with van der Waals surface area (Å²) in [6.45, 7) is 5.95. The normalized spacial score (nSPS) is 9.33. The van der Waals surface area contributed by atoms with Crippen molar-refractivity contribution in [2.75, 3.05) is 7.11 Å². The fourth-order valence-electron chi connectivity index (χ4n) is 1.40. The first kappa shape index (κ1) is 11.4. The van der Waals surface area contributed by atoms with Crippen molar-refractivity contribution >= 4 is 10.9 Å². The maximum Gasteiger partial charge on any atom is 0.130 e. The highest BCUT2D eigenvalue weighted by molar-refractivity contribution is 5.86. The van der Waals surface area contributed by atoms with Crippen LogP contribution >= 0.6 is 0 Å². The predicted molar refractivity (Wildman–Crippen MR) is 62.2 cm³/mol. The largest absolute Gasteiger partial charge is 0.496 e. The molecule has 0 saturated carbocycles. The topological polar surface area (TPSA) is 35.0 Å². The molecule has 0 aliphatic rings. The zero-order valence-corrected chi connectivity index (χ0v) is 9.61. The van der Waals surface area contributed by atoms with Gasteiger partial charge in [0, 0.05) is 0 Å². The zero-order valence-electron chi connectivity index (χ0n) is 9.61. The van der Waals surface area contributed by atoms with Crippen molar-refractivity contribution in [2.45, 2.75) is 20.8 Å². The van der Waals surface area contributed by atoms with Gasteiger partial charge < -0.3 is 4.74 Å². The molecule has 1 aromatic heterocycles. The third kappa shape index (κ3) is 2.24. The fraction of sp³-hybridized carbons (Fsp3) is 0.333. The summed E-state index contributed by atoms with van der Waals surface area (Å²) >= 11 is 0. The minimum absolute atomic E-state index is 0.829. The molecule has 0 atom stereocenters. The number of fused-ring (bicyclic) bond motifs is 1. The number of methoxy groups -OCH3 is 1. The van der Waals surface area contributed by atoms with Crippen LogP contribution in [0.2, 0.25) is 0 Å². The average Bonchev–Trinajstić information content (AvgIpc) is 2.31. The lowest BCUT2D eigenvalue weighted by Gasteiger charge is -2.05. The van der Waals surface area contributed by atoms with Crippen LogP contribution in [0.4, 0.5) is 0 Å². The van der Waals surface area contributed by atoms with Gasteiger partial charge in [-0.1, -0.05) is 19.9 Å². The van der Waals surface area contributed by atoms with E-state index in [1.165, 1.54) is 0 Å². The summed E-state index contributed by atoms with van der Waals surface area (Å²) in [4.78, 5) is 8.28. The molecule has 0 aliphatic carbocycles. The van der Waals surface area contributed by atoms with Gasteiger partial charge in [0.1, 0.15) is 12.1 Å². The molecule has 1 heterocycles. The van der Waals surface area contributed by atoms with Gasteiger partial charge >= 0.3 is 0 Å². The Kier molecular flexibility index (Phi) is 4.03. The van der Waals surface area contributed by atoms with Crippen molar-refractivity contribution in [3.05, 3.63) is 30.2 Å². The van der Waals surface area contributed by atoms with Crippen molar-refractivity contribution in [3.63, 3.8) is 0 Å². The standard InChI is InChI=1S/C10H10N2O.C2H6/c1-7-10-8(12-6-11-7)4-3-5-9(10)13-2;1-2/h3-6H,1-2H3;1-2H3. The fourth-order valence-corrected chi connectivity index (χ4v) is 1.40. The molecule has 0 N–H and O–H groups in total. The summed E-state index contributed by atoms with van der Waals surface area (Å²) in [6.07, 6.45) is 1.57. The van der Waals surface area contributed by atoms with Crippen LogP contribution in [0.15, 0.2) is 24.5 Å². The minimum Gasteiger partial charge on any atom is -0.496 e. The van der Waals surface area contributed by atoms with E-state index in [1.807, 2.05) is 39.0 Å². The van der Waals surface area contributed by atoms with Gasteiger partial charge in [0.05, 0.1) is 23.7 Å². The molecule has 0 aliphatic heterocycles. The summed E-state index contributed by atoms with van der Waals surface area (Å²) in [5.41, 5.74) is 1.87. The molecule has 3 heteroatoms. The van der Waals surface area contributed by atoms with Gasteiger partial charge in [-0.15, -0.1) is 0 Å². The molecule has 0 radical (unpaired) electrons. The van der Waals surface area contributed by atoms with E-state index < -0.39 is 0 Å². The molecule has 1 aromatic carbocycles. The second-order valence-electron chi connectivity index (χ2n) is 2.81. The van der Waals surface area contributed by atoms with E-state index in [0.717, 1.165) is 22.3 Å². The monoisotopic (exact) mass is 204 g/mol. The zero-order chi connectivity index (χ0) is 11.3. The predicted octanol–water partition coefficient (Wildman–Crippen LogP) is 2.97. The molecule has 2 aromatic rings. The molecular weight excluding hydrogens is 188 g/mol. The molecule has 0 bridgehead atoms. The third-order valence-corrected chi connectivity index (χ3v) is 2.03. The quantitative estimate of drug-likeness (QED) is 0.716. The van der Waals surface area contributed by atoms with Crippen molar-refractivity contribution in [2.24, 2.45) is 0 Å². The highest BCUT2D eigenvalue weighted by Gasteiger charge is 2.04. The highest BCUT2D eigenvalue weighted by Crippen LogP contribution is 2.25. The Labute approximate surface area is 90.1 Å². The lowest BCUT2D eigenvalue weighted by Crippen LogP contribution is -1.91. The summed E-state index contributed by atoms with van der Waals surface area (Å²) in [6, 6.07) is 5.79. The Morgan fingerprint density at radius 3 is 2.53 bits per heavy atom. The van der Waals surface area contributed by atoms with Crippen LogP contribution in [0.1, 0.15) is 19.5 Å². The van der Waals surface area contributed by atoms with Gasteiger partial charge in [-0.2, -0.15) is 0 Å². The molecule has 0 fully saturated rings. The average molecular weight is 204 g/mol. The molecule has 15 heavy (non-hydrogen) atoms. The van der Waals surface area contributed by atoms with E-state index >= 15 is 0 Å². The maximum atomic E-state index is 5.23. The van der Waals surface area contributed by atoms with Crippen molar-refractivity contribution in [1.82, 2.24) is 9.97 Å². The van der Waals surface area contributed by atoms with Crippen LogP contribution in [0, 0.1) is 6.92 Å². The molecular formula is C12H16N2O. The Morgan fingerprint density at radius 2 is 1.87 bits per heavy atom. The lowest BCUT2D eigenvalue weighted by molar-refractivity contribution is 0.419. The number of hydrogen-bond acceptors (Lipinski definition) is 3. The van der Waals surface area contributed by atoms with Gasteiger partial charge in [0.15, 0.2) is 0 Å². The smallest absolute Gasteiger partial charge is 0.130 e. The van der Waals surface area contributed by atoms with E-state index in [4.69, 9.17) is 4.74 Å². The first-order valence-electron chi connectivity index (χ1n) is 5.07. The van der Waals surface area contributed by atoms with Crippen molar-refractivity contribution in [1.29, 1.82) is 0 Å². The van der Waals surface area contributed by atoms with Crippen LogP contribution in [-0.4, -0.2) is 17.1 Å². The van der Waals surface area contributed by atoms with Crippen molar-refractivity contribution < 1.29 is 4.74 Å². The number of ether oxygens (including phenoxy) is 1. The summed E-state index contributed by atoms with van der Waals surface area (Å²) in [5.74, 6) is 0.829. The Balaban J connectivity index is 0.000000531. The van der Waals surface area contributed by atoms with Crippen LogP contribution in [0.25, 0.3) is 10.9 Å². The molecule has 0 amide bonds. The Morgan fingerprint density at radius 1 is 1.13 bits per heavy atom. The van der Waals surface area contributed by atoms with E-state index in [-0.39, 0.29) is 0 Å². The molecule has 0 saturated heterocycles. The first-order valence-corrected chi connectivity index (χ1v) is 5.07. The maximum absolute atomic E-state index is 5.23. The molecule has 80 valence electrons. The van der Waals surface area contributed by atoms with E-state index in [9.17, 15) is 0 Å². The van der Waals surface area contributed by atoms with Gasteiger partial charge in [-0.05, 0) is 19.1 Å². The SMILES string of the molecule is CC.COc1cccc2ncnc(C)c12. The highest BCUT2D eigenvalue weighted by atomic mass is 16.5. The van der Waals surface area contributed by atoms with Gasteiger partial charge in [-0.3, -0.25) is 0 Å². The first-order chi connectivity index (χ1) is 7.33. The van der Waals surface area contributed by atoms with Crippen LogP contribution in [0.3, 0.4) is 0 Å². The lowest BCUT2D eigenvalue weighted by atomic mass is 10.2. The number of nitrogens with zero attached hydrogens (tertiary/aromatic N) is 2. The number of hydrogen-bond donors (Lipinski definition) is 0. The second-order valence-corrected chi connectivity index (χ2v) is 2.81. The Hall–Kier alpha value is -1.64. The van der Waals surface area contributed by atoms with Gasteiger partial charge in [0.25, 0.3) is 0 Å². The van der Waals surface area contributed by atoms with Gasteiger partial charge in [-0.25, -0.2) is 9.97 Å². The summed E-state index contributed by atoms with van der Waals surface area (Å²) < 4.78 is 5.23. The molecule has 0 spiro atoms. The van der Waals surface area contributed by atoms with Crippen LogP contribution in [0.5, 0.6) is 5.75 Å². The van der Waals surface area contributed by atoms with Gasteiger partial charge in [0.2, 0.25) is 0 Å². The number of aromatic nitrogens is 2. The van der Waals surface area contributed by atoms with Crippen LogP contribution < -0.4 is 4.74 Å². The molecule has 3 nitrogen and oxygen atoms in total. The number of rotatable bonds is 1. The summed E-state index contributed by atoms with van der Waals surface area (Å²) in [7, 11) is 1.65. The van der Waals surface area contributed by atoms with Crippen LogP contribution in [-0.2, 0) is 0 Å². The number of benzene rings is 1. The minimum atomic E-state index is 0.829. The van der Waals surface area contributed by atoms with E-state index in [0.29, 0.717) is 0 Å². The second kappa shape index (κ2) is 5.29. The Bertz CT molecular complexity index is 435. The van der Waals surface area contributed by atoms with E-state index in [2.05, 4.69) is 9.97 Å². The van der Waals surface area contributed by atoms with Crippen molar-refractivity contribution in [3.8, 4) is 5.75 Å². The summed E-state index contributed by atoms with van der Waals surface area (Å²) in [5, 5.41) is 0.993. The number of aryl methyl sites for hydroxylation is 1. The molecule has 0 unspecified atom stereocenters. The third-order valence-electron chi connectivity index (χ3n) is 2.03. The van der Waals surface area contributed by atoms with E-state index in [1.54, 1.807) is 13.4 Å².